The van der Waals surface area contributed by atoms with Crippen LogP contribution < -0.4 is 4.90 Å². The average molecular weight is 449 g/mol. The Bertz CT molecular complexity index is 973. The van der Waals surface area contributed by atoms with Gasteiger partial charge in [0, 0.05) is 36.7 Å². The Labute approximate surface area is 184 Å². The highest BCUT2D eigenvalue weighted by atomic mass is 35.5. The molecule has 1 N–H and O–H groups in total. The molecule has 4 heterocycles. The molecule has 160 valence electrons. The first-order chi connectivity index (χ1) is 14.4. The maximum absolute atomic E-state index is 11.7. The molecule has 0 unspecified atom stereocenters. The summed E-state index contributed by atoms with van der Waals surface area (Å²) in [5, 5.41) is 12.2. The molecule has 0 radical (unpaired) electrons. The fourth-order valence-electron chi connectivity index (χ4n) is 5.11. The Hall–Kier alpha value is -1.74. The number of halogens is 1. The van der Waals surface area contributed by atoms with Gasteiger partial charge in [-0.05, 0) is 73.5 Å². The van der Waals surface area contributed by atoms with Gasteiger partial charge in [0.15, 0.2) is 0 Å². The van der Waals surface area contributed by atoms with Crippen LogP contribution in [-0.4, -0.2) is 58.1 Å². The number of carbonyl (C=O) groups is 1. The van der Waals surface area contributed by atoms with Gasteiger partial charge in [-0.3, -0.25) is 0 Å². The molecule has 2 saturated heterocycles. The van der Waals surface area contributed by atoms with Crippen LogP contribution in [0.3, 0.4) is 0 Å². The van der Waals surface area contributed by atoms with Crippen LogP contribution in [0.4, 0.5) is 5.13 Å². The zero-order chi connectivity index (χ0) is 20.9. The second-order valence-electron chi connectivity index (χ2n) is 8.72. The Kier molecular flexibility index (Phi) is 5.21. The number of cyclic esters (lactones) is 1. The molecule has 9 heteroatoms. The zero-order valence-corrected chi connectivity index (χ0v) is 18.5. The molecular formula is C21H25ClN4O3S. The number of nitrogens with zero attached hydrogens (tertiary/aromatic N) is 4. The van der Waals surface area contributed by atoms with Gasteiger partial charge in [-0.25, -0.2) is 4.79 Å². The number of aliphatic hydroxyl groups excluding tert-OH is 1. The van der Waals surface area contributed by atoms with Gasteiger partial charge in [0.05, 0.1) is 11.7 Å². The van der Waals surface area contributed by atoms with Crippen LogP contribution >= 0.6 is 23.1 Å². The third-order valence-corrected chi connectivity index (χ3v) is 8.06. The lowest BCUT2D eigenvalue weighted by Gasteiger charge is -2.40. The lowest BCUT2D eigenvalue weighted by atomic mass is 9.77. The number of aromatic nitrogens is 2. The number of piperidine rings is 1. The van der Waals surface area contributed by atoms with Crippen LogP contribution in [0.25, 0.3) is 0 Å². The van der Waals surface area contributed by atoms with Gasteiger partial charge in [0.25, 0.3) is 0 Å². The monoisotopic (exact) mass is 448 g/mol. The number of benzene rings is 1. The normalized spacial score (nSPS) is 21.8. The largest absolute Gasteiger partial charge is 0.457 e. The van der Waals surface area contributed by atoms with E-state index in [0.717, 1.165) is 60.8 Å². The average Bonchev–Trinajstić information content (AvgIpc) is 3.44. The molecule has 0 bridgehead atoms. The van der Waals surface area contributed by atoms with Gasteiger partial charge >= 0.3 is 5.97 Å². The zero-order valence-electron chi connectivity index (χ0n) is 16.9. The summed E-state index contributed by atoms with van der Waals surface area (Å²) < 4.78 is 9.23. The fraction of sp³-hybridized carbons (Fsp3) is 0.571. The molecule has 0 saturated carbocycles. The van der Waals surface area contributed by atoms with Crippen molar-refractivity contribution in [3.05, 3.63) is 39.7 Å². The van der Waals surface area contributed by atoms with E-state index in [4.69, 9.17) is 16.3 Å². The highest BCUT2D eigenvalue weighted by Gasteiger charge is 2.41. The highest BCUT2D eigenvalue weighted by Crippen LogP contribution is 2.42. The molecule has 2 fully saturated rings. The van der Waals surface area contributed by atoms with Crippen molar-refractivity contribution in [3.8, 4) is 0 Å². The van der Waals surface area contributed by atoms with Crippen molar-refractivity contribution < 1.29 is 14.6 Å². The second kappa shape index (κ2) is 7.75. The van der Waals surface area contributed by atoms with Gasteiger partial charge in [-0.1, -0.05) is 6.07 Å². The molecule has 1 atom stereocenters. The number of esters is 1. The number of hydrogen-bond donors (Lipinski definition) is 1. The molecule has 2 aromatic rings. The van der Waals surface area contributed by atoms with E-state index >= 15 is 0 Å². The van der Waals surface area contributed by atoms with Crippen LogP contribution in [-0.2, 0) is 11.3 Å². The first kappa shape index (κ1) is 20.2. The minimum atomic E-state index is -0.566. The SMILES string of the molecule is Cc1c([C@@H](O)CN2CCC3(CC2)CCN(c2nc(Cl)ns2)C3)ccc2c1COC2=O. The van der Waals surface area contributed by atoms with Crippen molar-refractivity contribution in [2.75, 3.05) is 37.6 Å². The minimum absolute atomic E-state index is 0.267. The van der Waals surface area contributed by atoms with E-state index in [2.05, 4.69) is 19.2 Å². The van der Waals surface area contributed by atoms with Crippen LogP contribution in [0.15, 0.2) is 12.1 Å². The lowest BCUT2D eigenvalue weighted by molar-refractivity contribution is 0.0534. The summed E-state index contributed by atoms with van der Waals surface area (Å²) in [4.78, 5) is 20.7. The molecule has 0 aliphatic carbocycles. The maximum atomic E-state index is 11.7. The van der Waals surface area contributed by atoms with Crippen molar-refractivity contribution in [1.82, 2.24) is 14.3 Å². The number of β-amino-alcohol motifs (C(OH)–C–C–N with tert-alkyl or cyclic N) is 1. The van der Waals surface area contributed by atoms with Gasteiger partial charge < -0.3 is 19.6 Å². The summed E-state index contributed by atoms with van der Waals surface area (Å²) in [6.07, 6.45) is 2.84. The first-order valence-electron chi connectivity index (χ1n) is 10.4. The van der Waals surface area contributed by atoms with Crippen LogP contribution in [0.5, 0.6) is 0 Å². The number of likely N-dealkylation sites (tertiary alicyclic amines) is 1. The number of aliphatic hydroxyl groups is 1. The Balaban J connectivity index is 1.19. The summed E-state index contributed by atoms with van der Waals surface area (Å²) in [5.74, 6) is -0.267. The van der Waals surface area contributed by atoms with E-state index in [1.165, 1.54) is 18.0 Å². The van der Waals surface area contributed by atoms with Crippen LogP contribution in [0.2, 0.25) is 5.28 Å². The molecule has 1 aromatic carbocycles. The van der Waals surface area contributed by atoms with E-state index in [0.29, 0.717) is 29.4 Å². The predicted octanol–water partition coefficient (Wildman–Crippen LogP) is 3.20. The second-order valence-corrected chi connectivity index (χ2v) is 9.78. The molecule has 3 aliphatic heterocycles. The number of ether oxygens (including phenoxy) is 1. The summed E-state index contributed by atoms with van der Waals surface area (Å²) in [6, 6.07) is 3.66. The Morgan fingerprint density at radius 2 is 2.07 bits per heavy atom. The van der Waals surface area contributed by atoms with E-state index in [1.807, 2.05) is 13.0 Å². The third kappa shape index (κ3) is 3.60. The van der Waals surface area contributed by atoms with E-state index < -0.39 is 6.10 Å². The van der Waals surface area contributed by atoms with E-state index in [9.17, 15) is 9.90 Å². The molecule has 3 aliphatic rings. The van der Waals surface area contributed by atoms with Crippen LogP contribution in [0, 0.1) is 12.3 Å². The molecular weight excluding hydrogens is 424 g/mol. The standard InChI is InChI=1S/C21H25ClN4O3S/c1-13-14(2-3-15-16(13)11-29-18(15)28)17(27)10-25-7-4-21(5-8-25)6-9-26(12-21)20-23-19(22)24-30-20/h2-3,17,27H,4-12H2,1H3/t17-/m0/s1. The van der Waals surface area contributed by atoms with Gasteiger partial charge in [0.1, 0.15) is 6.61 Å². The van der Waals surface area contributed by atoms with Crippen molar-refractivity contribution in [3.63, 3.8) is 0 Å². The predicted molar refractivity (Wildman–Crippen MR) is 115 cm³/mol. The summed E-state index contributed by atoms with van der Waals surface area (Å²) in [7, 11) is 0. The fourth-order valence-corrected chi connectivity index (χ4v) is 5.94. The van der Waals surface area contributed by atoms with Crippen molar-refractivity contribution in [2.45, 2.75) is 38.9 Å². The molecule has 7 nitrogen and oxygen atoms in total. The lowest BCUT2D eigenvalue weighted by Crippen LogP contribution is -2.43. The number of carbonyl (C=O) groups excluding carboxylic acids is 1. The van der Waals surface area contributed by atoms with Crippen molar-refractivity contribution in [1.29, 1.82) is 0 Å². The van der Waals surface area contributed by atoms with Gasteiger partial charge in [0.2, 0.25) is 10.4 Å². The summed E-state index contributed by atoms with van der Waals surface area (Å²) in [5.41, 5.74) is 3.73. The number of hydrogen-bond acceptors (Lipinski definition) is 8. The number of rotatable bonds is 4. The number of fused-ring (bicyclic) bond motifs is 1. The summed E-state index contributed by atoms with van der Waals surface area (Å²) >= 11 is 7.26. The molecule has 5 rings (SSSR count). The smallest absolute Gasteiger partial charge is 0.338 e. The van der Waals surface area contributed by atoms with Crippen molar-refractivity contribution in [2.24, 2.45) is 5.41 Å². The van der Waals surface area contributed by atoms with E-state index in [1.54, 1.807) is 6.07 Å². The molecule has 1 spiro atoms. The topological polar surface area (TPSA) is 78.8 Å². The first-order valence-corrected chi connectivity index (χ1v) is 11.5. The Morgan fingerprint density at radius 1 is 1.30 bits per heavy atom. The minimum Gasteiger partial charge on any atom is -0.457 e. The third-order valence-electron chi connectivity index (χ3n) is 7.01. The van der Waals surface area contributed by atoms with Gasteiger partial charge in [-0.2, -0.15) is 9.36 Å². The Morgan fingerprint density at radius 3 is 2.80 bits per heavy atom. The molecule has 0 amide bonds. The van der Waals surface area contributed by atoms with Crippen LogP contribution in [0.1, 0.15) is 52.4 Å². The highest BCUT2D eigenvalue weighted by molar-refractivity contribution is 7.10. The summed E-state index contributed by atoms with van der Waals surface area (Å²) in [6.45, 7) is 6.86. The molecule has 1 aromatic heterocycles. The van der Waals surface area contributed by atoms with Crippen molar-refractivity contribution >= 4 is 34.2 Å². The number of anilines is 1. The molecule has 30 heavy (non-hydrogen) atoms. The quantitative estimate of drug-likeness (QED) is 0.719. The maximum Gasteiger partial charge on any atom is 0.338 e. The van der Waals surface area contributed by atoms with E-state index in [-0.39, 0.29) is 5.97 Å². The van der Waals surface area contributed by atoms with Gasteiger partial charge in [-0.15, -0.1) is 0 Å².